The first-order chi connectivity index (χ1) is 10.5. The van der Waals surface area contributed by atoms with Crippen molar-refractivity contribution in [1.29, 1.82) is 0 Å². The van der Waals surface area contributed by atoms with Crippen LogP contribution in [0.5, 0.6) is 0 Å². The highest BCUT2D eigenvalue weighted by molar-refractivity contribution is 7.18. The van der Waals surface area contributed by atoms with Gasteiger partial charge in [-0.15, -0.1) is 11.3 Å². The van der Waals surface area contributed by atoms with Crippen molar-refractivity contribution in [3.8, 4) is 0 Å². The minimum absolute atomic E-state index is 0.000346. The van der Waals surface area contributed by atoms with Crippen LogP contribution in [-0.2, 0) is 4.79 Å². The Morgan fingerprint density at radius 1 is 1.32 bits per heavy atom. The fourth-order valence-corrected chi connectivity index (χ4v) is 5.16. The van der Waals surface area contributed by atoms with Crippen LogP contribution < -0.4 is 5.32 Å². The number of Topliss-reactive ketones (excluding diaryl/α,β-unsaturated/α-hetero) is 1. The van der Waals surface area contributed by atoms with Gasteiger partial charge in [-0.1, -0.05) is 18.0 Å². The van der Waals surface area contributed by atoms with E-state index >= 15 is 0 Å². The minimum Gasteiger partial charge on any atom is -0.353 e. The molecule has 4 atom stereocenters. The molecule has 1 aromatic heterocycles. The predicted molar refractivity (Wildman–Crippen MR) is 89.4 cm³/mol. The van der Waals surface area contributed by atoms with Gasteiger partial charge in [-0.3, -0.25) is 9.59 Å². The number of nitrogens with one attached hydrogen (secondary N) is 1. The summed E-state index contributed by atoms with van der Waals surface area (Å²) in [5, 5.41) is 3.10. The van der Waals surface area contributed by atoms with Crippen molar-refractivity contribution in [1.82, 2.24) is 5.32 Å². The number of ketones is 1. The van der Waals surface area contributed by atoms with Crippen molar-refractivity contribution in [3.63, 3.8) is 0 Å². The van der Waals surface area contributed by atoms with E-state index in [2.05, 4.69) is 12.2 Å². The Morgan fingerprint density at radius 3 is 2.73 bits per heavy atom. The Balaban J connectivity index is 1.43. The van der Waals surface area contributed by atoms with Gasteiger partial charge in [-0.25, -0.2) is 0 Å². The number of fused-ring (bicyclic) bond motifs is 2. The number of halogens is 1. The number of carbonyl (C=O) groups is 2. The zero-order valence-corrected chi connectivity index (χ0v) is 14.4. The second-order valence-electron chi connectivity index (χ2n) is 6.72. The summed E-state index contributed by atoms with van der Waals surface area (Å²) in [4.78, 5) is 24.7. The van der Waals surface area contributed by atoms with Crippen LogP contribution in [0.1, 0.15) is 55.1 Å². The van der Waals surface area contributed by atoms with Crippen LogP contribution in [0.2, 0.25) is 4.34 Å². The maximum absolute atomic E-state index is 12.1. The van der Waals surface area contributed by atoms with E-state index in [4.69, 9.17) is 11.6 Å². The summed E-state index contributed by atoms with van der Waals surface area (Å²) < 4.78 is 0.609. The molecular formula is C17H22ClNO2S. The molecule has 5 heteroatoms. The van der Waals surface area contributed by atoms with Gasteiger partial charge in [0.1, 0.15) is 0 Å². The molecule has 2 saturated carbocycles. The first-order valence-corrected chi connectivity index (χ1v) is 9.30. The Morgan fingerprint density at radius 2 is 2.14 bits per heavy atom. The molecule has 0 radical (unpaired) electrons. The third-order valence-electron chi connectivity index (χ3n) is 5.25. The number of rotatable bonds is 6. The van der Waals surface area contributed by atoms with Crippen LogP contribution in [0.3, 0.4) is 0 Å². The maximum atomic E-state index is 12.1. The minimum atomic E-state index is -0.00808. The number of thiophene rings is 1. The normalized spacial score (nSPS) is 27.8. The Labute approximate surface area is 140 Å². The lowest BCUT2D eigenvalue weighted by atomic mass is 9.84. The average Bonchev–Trinajstić information content (AvgIpc) is 3.20. The van der Waals surface area contributed by atoms with Crippen molar-refractivity contribution in [2.45, 2.75) is 51.5 Å². The van der Waals surface area contributed by atoms with Crippen molar-refractivity contribution in [3.05, 3.63) is 21.3 Å². The fraction of sp³-hybridized carbons (Fsp3) is 0.647. The largest absolute Gasteiger partial charge is 0.353 e. The van der Waals surface area contributed by atoms with Gasteiger partial charge in [0.15, 0.2) is 5.78 Å². The van der Waals surface area contributed by atoms with Crippen LogP contribution in [-0.4, -0.2) is 17.7 Å². The predicted octanol–water partition coefficient (Wildman–Crippen LogP) is 4.31. The van der Waals surface area contributed by atoms with Crippen molar-refractivity contribution in [2.24, 2.45) is 17.8 Å². The van der Waals surface area contributed by atoms with E-state index in [0.29, 0.717) is 15.1 Å². The van der Waals surface area contributed by atoms with Crippen molar-refractivity contribution in [2.75, 3.05) is 0 Å². The molecule has 0 aromatic carbocycles. The maximum Gasteiger partial charge on any atom is 0.220 e. The van der Waals surface area contributed by atoms with Gasteiger partial charge in [0.2, 0.25) is 5.91 Å². The average molecular weight is 340 g/mol. The van der Waals surface area contributed by atoms with Gasteiger partial charge >= 0.3 is 0 Å². The molecule has 3 rings (SSSR count). The number of carbonyl (C=O) groups excluding carboxylic acids is 2. The van der Waals surface area contributed by atoms with Gasteiger partial charge in [-0.05, 0) is 56.1 Å². The highest BCUT2D eigenvalue weighted by Crippen LogP contribution is 2.49. The van der Waals surface area contributed by atoms with Crippen LogP contribution in [0.25, 0.3) is 0 Å². The molecule has 1 aromatic rings. The molecule has 2 fully saturated rings. The summed E-state index contributed by atoms with van der Waals surface area (Å²) in [6.45, 7) is 2.12. The molecule has 120 valence electrons. The van der Waals surface area contributed by atoms with Gasteiger partial charge in [0, 0.05) is 18.9 Å². The zero-order chi connectivity index (χ0) is 15.7. The highest BCUT2D eigenvalue weighted by Gasteiger charge is 2.42. The topological polar surface area (TPSA) is 46.2 Å². The summed E-state index contributed by atoms with van der Waals surface area (Å²) in [6.07, 6.45) is 5.83. The van der Waals surface area contributed by atoms with Crippen LogP contribution in [0.15, 0.2) is 12.1 Å². The molecular weight excluding hydrogens is 318 g/mol. The SMILES string of the molecule is CC(NC(=O)CCC(=O)c1ccc(Cl)s1)C1CC2CCC1C2. The summed E-state index contributed by atoms with van der Waals surface area (Å²) in [5.41, 5.74) is 0. The second-order valence-corrected chi connectivity index (χ2v) is 8.44. The van der Waals surface area contributed by atoms with E-state index < -0.39 is 0 Å². The van der Waals surface area contributed by atoms with Crippen molar-refractivity contribution < 1.29 is 9.59 Å². The van der Waals surface area contributed by atoms with Crippen molar-refractivity contribution >= 4 is 34.6 Å². The number of amides is 1. The third-order valence-corrected chi connectivity index (χ3v) is 6.52. The summed E-state index contributed by atoms with van der Waals surface area (Å²) in [7, 11) is 0. The van der Waals surface area contributed by atoms with E-state index in [1.807, 2.05) is 0 Å². The highest BCUT2D eigenvalue weighted by atomic mass is 35.5. The van der Waals surface area contributed by atoms with Gasteiger partial charge in [-0.2, -0.15) is 0 Å². The summed E-state index contributed by atoms with van der Waals surface area (Å²) in [5.74, 6) is 2.31. The Kier molecular flexibility index (Phi) is 4.88. The molecule has 4 unspecified atom stereocenters. The lowest BCUT2D eigenvalue weighted by molar-refractivity contribution is -0.122. The first kappa shape index (κ1) is 16.0. The molecule has 0 spiro atoms. The fourth-order valence-electron chi connectivity index (χ4n) is 4.15. The summed E-state index contributed by atoms with van der Waals surface area (Å²) in [6, 6.07) is 3.68. The molecule has 1 N–H and O–H groups in total. The number of hydrogen-bond acceptors (Lipinski definition) is 3. The molecule has 2 bridgehead atoms. The molecule has 0 aliphatic heterocycles. The third kappa shape index (κ3) is 3.54. The van der Waals surface area contributed by atoms with E-state index in [9.17, 15) is 9.59 Å². The van der Waals surface area contributed by atoms with E-state index in [1.54, 1.807) is 12.1 Å². The standard InChI is InChI=1S/C17H22ClNO2S/c1-10(13-9-11-2-3-12(13)8-11)19-17(21)7-4-14(20)15-5-6-16(18)22-15/h5-6,10-13H,2-4,7-9H2,1H3,(H,19,21). The van der Waals surface area contributed by atoms with E-state index in [-0.39, 0.29) is 30.6 Å². The Hall–Kier alpha value is -0.870. The van der Waals surface area contributed by atoms with Gasteiger partial charge < -0.3 is 5.32 Å². The smallest absolute Gasteiger partial charge is 0.220 e. The molecule has 1 heterocycles. The van der Waals surface area contributed by atoms with Crippen LogP contribution >= 0.6 is 22.9 Å². The lowest BCUT2D eigenvalue weighted by Crippen LogP contribution is -2.40. The molecule has 22 heavy (non-hydrogen) atoms. The molecule has 1 amide bonds. The first-order valence-electron chi connectivity index (χ1n) is 8.11. The molecule has 2 aliphatic carbocycles. The van der Waals surface area contributed by atoms with Crippen LogP contribution in [0, 0.1) is 17.8 Å². The van der Waals surface area contributed by atoms with Crippen LogP contribution in [0.4, 0.5) is 0 Å². The quantitative estimate of drug-likeness (QED) is 0.785. The van der Waals surface area contributed by atoms with E-state index in [0.717, 1.165) is 11.8 Å². The van der Waals surface area contributed by atoms with Gasteiger partial charge in [0.05, 0.1) is 9.21 Å². The zero-order valence-electron chi connectivity index (χ0n) is 12.8. The summed E-state index contributed by atoms with van der Waals surface area (Å²) >= 11 is 7.10. The monoisotopic (exact) mass is 339 g/mol. The molecule has 3 nitrogen and oxygen atoms in total. The Bertz CT molecular complexity index is 571. The molecule has 0 saturated heterocycles. The van der Waals surface area contributed by atoms with Gasteiger partial charge in [0.25, 0.3) is 0 Å². The molecule has 2 aliphatic rings. The van der Waals surface area contributed by atoms with E-state index in [1.165, 1.54) is 37.0 Å². The lowest BCUT2D eigenvalue weighted by Gasteiger charge is -2.28. The second kappa shape index (κ2) is 6.71. The number of hydrogen-bond donors (Lipinski definition) is 1.